The van der Waals surface area contributed by atoms with Crippen LogP contribution in [0.1, 0.15) is 24.4 Å². The number of hydrogen-bond donors (Lipinski definition) is 1. The summed E-state index contributed by atoms with van der Waals surface area (Å²) in [6, 6.07) is 10.4. The van der Waals surface area contributed by atoms with Crippen LogP contribution in [-0.2, 0) is 6.61 Å². The Morgan fingerprint density at radius 2 is 2.07 bits per heavy atom. The summed E-state index contributed by atoms with van der Waals surface area (Å²) < 4.78 is 1.98. The first-order valence-corrected chi connectivity index (χ1v) is 5.00. The summed E-state index contributed by atoms with van der Waals surface area (Å²) in [5.74, 6) is 0.700. The number of aliphatic hydroxyl groups is 1. The van der Waals surface area contributed by atoms with Gasteiger partial charge >= 0.3 is 0 Å². The maximum Gasteiger partial charge on any atom is 0.135 e. The molecule has 3 nitrogen and oxygen atoms in total. The van der Waals surface area contributed by atoms with Crippen LogP contribution in [0.25, 0.3) is 0 Å². The van der Waals surface area contributed by atoms with E-state index >= 15 is 0 Å². The van der Waals surface area contributed by atoms with Gasteiger partial charge in [0, 0.05) is 12.4 Å². The molecule has 1 N–H and O–H groups in total. The fourth-order valence-electron chi connectivity index (χ4n) is 1.71. The molecule has 3 heteroatoms. The van der Waals surface area contributed by atoms with Gasteiger partial charge in [-0.2, -0.15) is 0 Å². The molecule has 2 aromatic rings. The van der Waals surface area contributed by atoms with Crippen molar-refractivity contribution in [1.29, 1.82) is 0 Å². The molecule has 1 heterocycles. The van der Waals surface area contributed by atoms with E-state index in [1.807, 2.05) is 29.0 Å². The quantitative estimate of drug-likeness (QED) is 0.826. The molecule has 0 radical (unpaired) electrons. The standard InChI is InChI=1S/C12H14N2O/c1-10(11-5-3-2-4-6-11)14-8-7-13-12(14)9-15/h2-8,10,15H,9H2,1H3/t10-/m0/s1. The van der Waals surface area contributed by atoms with Gasteiger partial charge in [-0.3, -0.25) is 0 Å². The summed E-state index contributed by atoms with van der Waals surface area (Å²) in [5.41, 5.74) is 1.21. The fraction of sp³-hybridized carbons (Fsp3) is 0.250. The second-order valence-corrected chi connectivity index (χ2v) is 3.50. The Morgan fingerprint density at radius 3 is 2.73 bits per heavy atom. The first kappa shape index (κ1) is 9.93. The number of aromatic nitrogens is 2. The van der Waals surface area contributed by atoms with E-state index < -0.39 is 0 Å². The summed E-state index contributed by atoms with van der Waals surface area (Å²) in [5, 5.41) is 9.12. The molecule has 15 heavy (non-hydrogen) atoms. The molecule has 0 bridgehead atoms. The van der Waals surface area contributed by atoms with Crippen molar-refractivity contribution in [2.24, 2.45) is 0 Å². The molecule has 78 valence electrons. The van der Waals surface area contributed by atoms with Gasteiger partial charge in [-0.15, -0.1) is 0 Å². The predicted octanol–water partition coefficient (Wildman–Crippen LogP) is 1.98. The molecule has 0 spiro atoms. The molecule has 1 aromatic carbocycles. The van der Waals surface area contributed by atoms with Gasteiger partial charge in [0.15, 0.2) is 0 Å². The fourth-order valence-corrected chi connectivity index (χ4v) is 1.71. The van der Waals surface area contributed by atoms with E-state index in [0.717, 1.165) is 0 Å². The molecular weight excluding hydrogens is 188 g/mol. The molecule has 2 rings (SSSR count). The van der Waals surface area contributed by atoms with Crippen molar-refractivity contribution in [3.63, 3.8) is 0 Å². The third kappa shape index (κ3) is 1.92. The third-order valence-electron chi connectivity index (χ3n) is 2.59. The van der Waals surface area contributed by atoms with Gasteiger partial charge in [0.2, 0.25) is 0 Å². The van der Waals surface area contributed by atoms with Crippen molar-refractivity contribution < 1.29 is 5.11 Å². The lowest BCUT2D eigenvalue weighted by atomic mass is 10.1. The summed E-state index contributed by atoms with van der Waals surface area (Å²) >= 11 is 0. The molecule has 0 saturated carbocycles. The molecule has 0 aliphatic rings. The Labute approximate surface area is 89.0 Å². The van der Waals surface area contributed by atoms with Crippen molar-refractivity contribution in [3.8, 4) is 0 Å². The van der Waals surface area contributed by atoms with Crippen LogP contribution in [0.3, 0.4) is 0 Å². The molecule has 0 fully saturated rings. The summed E-state index contributed by atoms with van der Waals surface area (Å²) in [4.78, 5) is 4.09. The van der Waals surface area contributed by atoms with E-state index in [9.17, 15) is 0 Å². The zero-order valence-electron chi connectivity index (χ0n) is 8.67. The third-order valence-corrected chi connectivity index (χ3v) is 2.59. The highest BCUT2D eigenvalue weighted by atomic mass is 16.3. The highest BCUT2D eigenvalue weighted by Crippen LogP contribution is 2.18. The number of imidazole rings is 1. The Hall–Kier alpha value is -1.61. The van der Waals surface area contributed by atoms with Crippen LogP contribution in [0.4, 0.5) is 0 Å². The van der Waals surface area contributed by atoms with Crippen LogP contribution in [0, 0.1) is 0 Å². The number of benzene rings is 1. The van der Waals surface area contributed by atoms with E-state index in [1.54, 1.807) is 6.20 Å². The number of nitrogens with zero attached hydrogens (tertiary/aromatic N) is 2. The van der Waals surface area contributed by atoms with Gasteiger partial charge < -0.3 is 9.67 Å². The minimum atomic E-state index is -0.0236. The first-order chi connectivity index (χ1) is 7.33. The van der Waals surface area contributed by atoms with Gasteiger partial charge in [0.05, 0.1) is 6.04 Å². The number of rotatable bonds is 3. The number of aliphatic hydroxyl groups excluding tert-OH is 1. The topological polar surface area (TPSA) is 38.0 Å². The smallest absolute Gasteiger partial charge is 0.135 e. The van der Waals surface area contributed by atoms with E-state index in [0.29, 0.717) is 5.82 Å². The van der Waals surface area contributed by atoms with Crippen LogP contribution in [-0.4, -0.2) is 14.7 Å². The lowest BCUT2D eigenvalue weighted by Crippen LogP contribution is -2.09. The van der Waals surface area contributed by atoms with Gasteiger partial charge in [-0.25, -0.2) is 4.98 Å². The van der Waals surface area contributed by atoms with Gasteiger partial charge in [0.25, 0.3) is 0 Å². The first-order valence-electron chi connectivity index (χ1n) is 5.00. The Bertz CT molecular complexity index is 422. The lowest BCUT2D eigenvalue weighted by molar-refractivity contribution is 0.263. The van der Waals surface area contributed by atoms with Crippen LogP contribution >= 0.6 is 0 Å². The summed E-state index contributed by atoms with van der Waals surface area (Å²) in [7, 11) is 0. The highest BCUT2D eigenvalue weighted by molar-refractivity contribution is 5.19. The van der Waals surface area contributed by atoms with Gasteiger partial charge in [-0.1, -0.05) is 30.3 Å². The van der Waals surface area contributed by atoms with Crippen molar-refractivity contribution in [1.82, 2.24) is 9.55 Å². The molecule has 0 aliphatic heterocycles. The van der Waals surface area contributed by atoms with Crippen LogP contribution in [0.15, 0.2) is 42.7 Å². The average Bonchev–Trinajstić information content (AvgIpc) is 2.77. The van der Waals surface area contributed by atoms with Gasteiger partial charge in [-0.05, 0) is 12.5 Å². The maximum atomic E-state index is 9.12. The molecule has 0 unspecified atom stereocenters. The second-order valence-electron chi connectivity index (χ2n) is 3.50. The summed E-state index contributed by atoms with van der Waals surface area (Å²) in [6.07, 6.45) is 3.61. The maximum absolute atomic E-state index is 9.12. The Morgan fingerprint density at radius 1 is 1.33 bits per heavy atom. The van der Waals surface area contributed by atoms with E-state index in [2.05, 4.69) is 24.0 Å². The van der Waals surface area contributed by atoms with E-state index in [1.165, 1.54) is 5.56 Å². The molecular formula is C12H14N2O. The second kappa shape index (κ2) is 4.28. The Kier molecular flexibility index (Phi) is 2.83. The predicted molar refractivity (Wildman–Crippen MR) is 58.4 cm³/mol. The van der Waals surface area contributed by atoms with Crippen molar-refractivity contribution >= 4 is 0 Å². The zero-order chi connectivity index (χ0) is 10.7. The molecule has 1 atom stereocenters. The minimum Gasteiger partial charge on any atom is -0.388 e. The normalized spacial score (nSPS) is 12.7. The van der Waals surface area contributed by atoms with Crippen molar-refractivity contribution in [2.75, 3.05) is 0 Å². The van der Waals surface area contributed by atoms with Crippen LogP contribution < -0.4 is 0 Å². The zero-order valence-corrected chi connectivity index (χ0v) is 8.67. The van der Waals surface area contributed by atoms with Crippen molar-refractivity contribution in [3.05, 3.63) is 54.1 Å². The number of hydrogen-bond acceptors (Lipinski definition) is 2. The molecule has 0 amide bonds. The minimum absolute atomic E-state index is 0.0236. The van der Waals surface area contributed by atoms with Gasteiger partial charge in [0.1, 0.15) is 12.4 Å². The summed E-state index contributed by atoms with van der Waals surface area (Å²) in [6.45, 7) is 2.07. The van der Waals surface area contributed by atoms with Crippen LogP contribution in [0.2, 0.25) is 0 Å². The monoisotopic (exact) mass is 202 g/mol. The molecule has 1 aromatic heterocycles. The van der Waals surface area contributed by atoms with Crippen molar-refractivity contribution in [2.45, 2.75) is 19.6 Å². The lowest BCUT2D eigenvalue weighted by Gasteiger charge is -2.15. The largest absolute Gasteiger partial charge is 0.388 e. The van der Waals surface area contributed by atoms with E-state index in [-0.39, 0.29) is 12.6 Å². The SMILES string of the molecule is C[C@@H](c1ccccc1)n1ccnc1CO. The molecule has 0 aliphatic carbocycles. The Balaban J connectivity index is 2.32. The highest BCUT2D eigenvalue weighted by Gasteiger charge is 2.10. The molecule has 0 saturated heterocycles. The average molecular weight is 202 g/mol. The van der Waals surface area contributed by atoms with Crippen LogP contribution in [0.5, 0.6) is 0 Å². The van der Waals surface area contributed by atoms with E-state index in [4.69, 9.17) is 5.11 Å².